The Morgan fingerprint density at radius 3 is 3.00 bits per heavy atom. The molecule has 0 saturated carbocycles. The van der Waals surface area contributed by atoms with Gasteiger partial charge in [-0.2, -0.15) is 5.10 Å². The molecule has 4 nitrogen and oxygen atoms in total. The molecule has 1 atom stereocenters. The lowest BCUT2D eigenvalue weighted by Crippen LogP contribution is -2.08. The number of aryl methyl sites for hydroxylation is 1. The normalized spacial score (nSPS) is 18.5. The first kappa shape index (κ1) is 10.9. The van der Waals surface area contributed by atoms with Crippen molar-refractivity contribution in [1.29, 1.82) is 0 Å². The topological polar surface area (TPSA) is 57.8 Å². The predicted molar refractivity (Wildman–Crippen MR) is 68.6 cm³/mol. The van der Waals surface area contributed by atoms with E-state index in [2.05, 4.69) is 10.5 Å². The molecule has 0 amide bonds. The first-order valence-electron chi connectivity index (χ1n) is 5.89. The fourth-order valence-electron chi connectivity index (χ4n) is 2.11. The molecular weight excluding hydrogens is 228 g/mol. The third-order valence-corrected chi connectivity index (χ3v) is 3.17. The van der Waals surface area contributed by atoms with Gasteiger partial charge in [0, 0.05) is 6.42 Å². The van der Waals surface area contributed by atoms with Crippen molar-refractivity contribution in [2.45, 2.75) is 19.4 Å². The Kier molecular flexibility index (Phi) is 2.55. The van der Waals surface area contributed by atoms with Gasteiger partial charge in [0.25, 0.3) is 0 Å². The molecule has 0 fully saturated rings. The summed E-state index contributed by atoms with van der Waals surface area (Å²) in [4.78, 5) is 0. The second kappa shape index (κ2) is 4.22. The Balaban J connectivity index is 1.81. The van der Waals surface area contributed by atoms with Gasteiger partial charge >= 0.3 is 0 Å². The van der Waals surface area contributed by atoms with Crippen molar-refractivity contribution in [3.8, 4) is 5.75 Å². The predicted octanol–water partition coefficient (Wildman–Crippen LogP) is 2.73. The van der Waals surface area contributed by atoms with Crippen molar-refractivity contribution in [3.63, 3.8) is 0 Å². The molecule has 0 aliphatic carbocycles. The molecule has 1 aromatic carbocycles. The van der Waals surface area contributed by atoms with E-state index in [9.17, 15) is 5.11 Å². The summed E-state index contributed by atoms with van der Waals surface area (Å²) in [5.74, 6) is 1.21. The van der Waals surface area contributed by atoms with Crippen LogP contribution in [0.2, 0.25) is 0 Å². The van der Waals surface area contributed by atoms with E-state index in [1.807, 2.05) is 31.2 Å². The number of aromatic hydroxyl groups is 1. The minimum absolute atomic E-state index is 0.101. The van der Waals surface area contributed by atoms with Crippen LogP contribution in [0.5, 0.6) is 5.75 Å². The van der Waals surface area contributed by atoms with Crippen molar-refractivity contribution >= 4 is 5.71 Å². The van der Waals surface area contributed by atoms with Gasteiger partial charge < -0.3 is 9.52 Å². The molecule has 2 aromatic rings. The molecule has 1 aliphatic heterocycles. The summed E-state index contributed by atoms with van der Waals surface area (Å²) in [5.41, 5.74) is 5.95. The number of nitrogens with zero attached hydrogens (tertiary/aromatic N) is 1. The second-order valence-electron chi connectivity index (χ2n) is 4.46. The van der Waals surface area contributed by atoms with Gasteiger partial charge in [-0.15, -0.1) is 0 Å². The second-order valence-corrected chi connectivity index (χ2v) is 4.46. The molecule has 0 spiro atoms. The highest BCUT2D eigenvalue weighted by molar-refractivity contribution is 6.02. The van der Waals surface area contributed by atoms with E-state index in [0.29, 0.717) is 5.75 Å². The molecule has 1 aromatic heterocycles. The van der Waals surface area contributed by atoms with E-state index in [1.54, 1.807) is 12.3 Å². The Morgan fingerprint density at radius 1 is 1.39 bits per heavy atom. The standard InChI is InChI=1S/C14H14N2O2/c1-9-7-10(4-5-13(9)17)11-8-12(16-15-11)14-3-2-6-18-14/h2-7,12,16-17H,8H2,1H3. The first-order chi connectivity index (χ1) is 8.74. The Bertz CT molecular complexity index is 588. The fraction of sp³-hybridized carbons (Fsp3) is 0.214. The number of nitrogens with one attached hydrogen (secondary N) is 1. The lowest BCUT2D eigenvalue weighted by atomic mass is 10.0. The molecule has 3 rings (SSSR count). The van der Waals surface area contributed by atoms with Gasteiger partial charge in [-0.1, -0.05) is 0 Å². The van der Waals surface area contributed by atoms with Crippen LogP contribution in [-0.4, -0.2) is 10.8 Å². The van der Waals surface area contributed by atoms with Crippen LogP contribution >= 0.6 is 0 Å². The van der Waals surface area contributed by atoms with Gasteiger partial charge in [0.15, 0.2) is 0 Å². The smallest absolute Gasteiger partial charge is 0.128 e. The SMILES string of the molecule is Cc1cc(C2=NNC(c3ccco3)C2)ccc1O. The van der Waals surface area contributed by atoms with Crippen LogP contribution < -0.4 is 5.43 Å². The fourth-order valence-corrected chi connectivity index (χ4v) is 2.11. The third-order valence-electron chi connectivity index (χ3n) is 3.17. The molecule has 2 heterocycles. The molecule has 0 bridgehead atoms. The minimum atomic E-state index is 0.101. The number of phenols is 1. The average Bonchev–Trinajstić information content (AvgIpc) is 3.01. The van der Waals surface area contributed by atoms with Crippen molar-refractivity contribution in [2.24, 2.45) is 5.10 Å². The summed E-state index contributed by atoms with van der Waals surface area (Å²) in [6.45, 7) is 1.88. The maximum Gasteiger partial charge on any atom is 0.128 e. The first-order valence-corrected chi connectivity index (χ1v) is 5.89. The van der Waals surface area contributed by atoms with Crippen LogP contribution in [0.4, 0.5) is 0 Å². The van der Waals surface area contributed by atoms with Gasteiger partial charge in [0.05, 0.1) is 12.0 Å². The number of benzene rings is 1. The summed E-state index contributed by atoms with van der Waals surface area (Å²) in [6.07, 6.45) is 2.46. The van der Waals surface area contributed by atoms with E-state index >= 15 is 0 Å². The Labute approximate surface area is 105 Å². The number of furan rings is 1. The zero-order chi connectivity index (χ0) is 12.5. The Hall–Kier alpha value is -2.23. The molecular formula is C14H14N2O2. The van der Waals surface area contributed by atoms with Crippen molar-refractivity contribution in [1.82, 2.24) is 5.43 Å². The molecule has 2 N–H and O–H groups in total. The van der Waals surface area contributed by atoms with Crippen LogP contribution in [0.15, 0.2) is 46.1 Å². The number of phenolic OH excluding ortho intramolecular Hbond substituents is 1. The van der Waals surface area contributed by atoms with Crippen LogP contribution in [-0.2, 0) is 0 Å². The lowest BCUT2D eigenvalue weighted by Gasteiger charge is -2.06. The van der Waals surface area contributed by atoms with Crippen molar-refractivity contribution in [2.75, 3.05) is 0 Å². The van der Waals surface area contributed by atoms with E-state index in [4.69, 9.17) is 4.42 Å². The summed E-state index contributed by atoms with van der Waals surface area (Å²) < 4.78 is 5.37. The van der Waals surface area contributed by atoms with Crippen molar-refractivity contribution < 1.29 is 9.52 Å². The number of hydrazone groups is 1. The quantitative estimate of drug-likeness (QED) is 0.851. The van der Waals surface area contributed by atoms with Crippen molar-refractivity contribution in [3.05, 3.63) is 53.5 Å². The summed E-state index contributed by atoms with van der Waals surface area (Å²) in [6, 6.07) is 9.45. The lowest BCUT2D eigenvalue weighted by molar-refractivity contribution is 0.440. The highest BCUT2D eigenvalue weighted by Gasteiger charge is 2.23. The van der Waals surface area contributed by atoms with Crippen LogP contribution in [0, 0.1) is 6.92 Å². The average molecular weight is 242 g/mol. The molecule has 0 radical (unpaired) electrons. The van der Waals surface area contributed by atoms with Gasteiger partial charge in [0.2, 0.25) is 0 Å². The zero-order valence-corrected chi connectivity index (χ0v) is 10.1. The summed E-state index contributed by atoms with van der Waals surface area (Å²) in [7, 11) is 0. The third kappa shape index (κ3) is 1.86. The molecule has 1 aliphatic rings. The molecule has 1 unspecified atom stereocenters. The zero-order valence-electron chi connectivity index (χ0n) is 10.1. The highest BCUT2D eigenvalue weighted by Crippen LogP contribution is 2.26. The van der Waals surface area contributed by atoms with E-state index in [0.717, 1.165) is 29.0 Å². The number of rotatable bonds is 2. The molecule has 92 valence electrons. The van der Waals surface area contributed by atoms with Crippen LogP contribution in [0.3, 0.4) is 0 Å². The monoisotopic (exact) mass is 242 g/mol. The number of hydrogen-bond acceptors (Lipinski definition) is 4. The molecule has 0 saturated heterocycles. The summed E-state index contributed by atoms with van der Waals surface area (Å²) in [5, 5.41) is 13.9. The largest absolute Gasteiger partial charge is 0.508 e. The van der Waals surface area contributed by atoms with Gasteiger partial charge in [-0.25, -0.2) is 0 Å². The van der Waals surface area contributed by atoms with E-state index in [-0.39, 0.29) is 6.04 Å². The van der Waals surface area contributed by atoms with E-state index < -0.39 is 0 Å². The van der Waals surface area contributed by atoms with E-state index in [1.165, 1.54) is 0 Å². The number of hydrogen-bond donors (Lipinski definition) is 2. The van der Waals surface area contributed by atoms with Crippen LogP contribution in [0.25, 0.3) is 0 Å². The maximum atomic E-state index is 9.52. The van der Waals surface area contributed by atoms with Gasteiger partial charge in [-0.3, -0.25) is 5.43 Å². The molecule has 4 heteroatoms. The van der Waals surface area contributed by atoms with Gasteiger partial charge in [0.1, 0.15) is 17.6 Å². The maximum absolute atomic E-state index is 9.52. The highest BCUT2D eigenvalue weighted by atomic mass is 16.3. The minimum Gasteiger partial charge on any atom is -0.508 e. The van der Waals surface area contributed by atoms with Gasteiger partial charge in [-0.05, 0) is 48.4 Å². The van der Waals surface area contributed by atoms with Crippen LogP contribution in [0.1, 0.15) is 29.3 Å². The molecule has 18 heavy (non-hydrogen) atoms. The summed E-state index contributed by atoms with van der Waals surface area (Å²) >= 11 is 0. The Morgan fingerprint density at radius 2 is 2.28 bits per heavy atom.